The summed E-state index contributed by atoms with van der Waals surface area (Å²) in [7, 11) is -3.75. The Morgan fingerprint density at radius 1 is 1.26 bits per heavy atom. The molecule has 1 amide bonds. The fourth-order valence-corrected chi connectivity index (χ4v) is 5.11. The topological polar surface area (TPSA) is 119 Å². The Morgan fingerprint density at radius 2 is 1.97 bits per heavy atom. The fourth-order valence-electron chi connectivity index (χ4n) is 3.59. The number of nitro benzene ring substituents is 1. The summed E-state index contributed by atoms with van der Waals surface area (Å²) >= 11 is 0. The van der Waals surface area contributed by atoms with E-state index in [0.29, 0.717) is 43.0 Å². The van der Waals surface area contributed by atoms with Gasteiger partial charge in [-0.2, -0.15) is 4.31 Å². The van der Waals surface area contributed by atoms with Crippen molar-refractivity contribution in [2.24, 2.45) is 5.92 Å². The molecule has 2 aromatic rings. The molecular formula is C21H25N3O6S. The predicted octanol–water partition coefficient (Wildman–Crippen LogP) is 3.34. The SMILES string of the molecule is CCOc1ccc(S(=O)(=O)N2CCC[C@@H](C(=O)Nc3cccc([N+](=O)[O-])c3C)C2)cc1. The molecule has 10 heteroatoms. The van der Waals surface area contributed by atoms with Crippen LogP contribution in [0.4, 0.5) is 11.4 Å². The van der Waals surface area contributed by atoms with Gasteiger partial charge in [0.1, 0.15) is 5.75 Å². The number of nitrogens with one attached hydrogen (secondary N) is 1. The van der Waals surface area contributed by atoms with E-state index < -0.39 is 20.9 Å². The van der Waals surface area contributed by atoms with Gasteiger partial charge in [-0.3, -0.25) is 14.9 Å². The molecule has 0 aromatic heterocycles. The lowest BCUT2D eigenvalue weighted by molar-refractivity contribution is -0.385. The maximum atomic E-state index is 13.0. The number of hydrogen-bond donors (Lipinski definition) is 1. The van der Waals surface area contributed by atoms with Crippen molar-refractivity contribution in [2.75, 3.05) is 25.0 Å². The van der Waals surface area contributed by atoms with Crippen LogP contribution in [0.5, 0.6) is 5.75 Å². The van der Waals surface area contributed by atoms with Gasteiger partial charge in [-0.1, -0.05) is 6.07 Å². The van der Waals surface area contributed by atoms with Crippen LogP contribution in [0.3, 0.4) is 0 Å². The number of carbonyl (C=O) groups excluding carboxylic acids is 1. The minimum absolute atomic E-state index is 0.0509. The third-order valence-electron chi connectivity index (χ3n) is 5.29. The molecule has 166 valence electrons. The van der Waals surface area contributed by atoms with Crippen molar-refractivity contribution in [3.05, 3.63) is 58.1 Å². The Morgan fingerprint density at radius 3 is 2.61 bits per heavy atom. The Labute approximate surface area is 181 Å². The summed E-state index contributed by atoms with van der Waals surface area (Å²) in [6, 6.07) is 10.7. The van der Waals surface area contributed by atoms with E-state index in [9.17, 15) is 23.3 Å². The molecule has 9 nitrogen and oxygen atoms in total. The van der Waals surface area contributed by atoms with Crippen LogP contribution in [0.2, 0.25) is 0 Å². The molecule has 1 atom stereocenters. The largest absolute Gasteiger partial charge is 0.494 e. The predicted molar refractivity (Wildman–Crippen MR) is 116 cm³/mol. The Hall–Kier alpha value is -2.98. The molecule has 0 unspecified atom stereocenters. The highest BCUT2D eigenvalue weighted by Crippen LogP contribution is 2.28. The van der Waals surface area contributed by atoms with Crippen LogP contribution < -0.4 is 10.1 Å². The van der Waals surface area contributed by atoms with Gasteiger partial charge in [-0.15, -0.1) is 0 Å². The molecule has 1 heterocycles. The van der Waals surface area contributed by atoms with Crippen LogP contribution >= 0.6 is 0 Å². The van der Waals surface area contributed by atoms with Crippen molar-refractivity contribution in [1.29, 1.82) is 0 Å². The molecule has 0 saturated carbocycles. The van der Waals surface area contributed by atoms with Crippen LogP contribution in [0.25, 0.3) is 0 Å². The van der Waals surface area contributed by atoms with E-state index in [-0.39, 0.29) is 23.0 Å². The van der Waals surface area contributed by atoms with E-state index in [1.165, 1.54) is 28.6 Å². The van der Waals surface area contributed by atoms with Gasteiger partial charge in [0.2, 0.25) is 15.9 Å². The highest BCUT2D eigenvalue weighted by molar-refractivity contribution is 7.89. The number of nitrogens with zero attached hydrogens (tertiary/aromatic N) is 2. The molecule has 31 heavy (non-hydrogen) atoms. The number of piperidine rings is 1. The molecule has 0 radical (unpaired) electrons. The first-order valence-corrected chi connectivity index (χ1v) is 11.5. The molecule has 1 saturated heterocycles. The molecule has 1 fully saturated rings. The molecule has 0 spiro atoms. The number of carbonyl (C=O) groups is 1. The standard InChI is InChI=1S/C21H25N3O6S/c1-3-30-17-9-11-18(12-10-17)31(28,29)23-13-5-6-16(14-23)21(25)22-19-7-4-8-20(15(19)2)24(26)27/h4,7-12,16H,3,5-6,13-14H2,1-2H3,(H,22,25)/t16-/m1/s1. The number of hydrogen-bond acceptors (Lipinski definition) is 6. The third kappa shape index (κ3) is 5.02. The average Bonchev–Trinajstić information content (AvgIpc) is 2.75. The zero-order chi connectivity index (χ0) is 22.6. The van der Waals surface area contributed by atoms with Gasteiger partial charge in [0, 0.05) is 19.2 Å². The molecule has 1 aliphatic heterocycles. The zero-order valence-electron chi connectivity index (χ0n) is 17.4. The van der Waals surface area contributed by atoms with Gasteiger partial charge in [0.05, 0.1) is 33.6 Å². The normalized spacial score (nSPS) is 17.2. The van der Waals surface area contributed by atoms with E-state index in [2.05, 4.69) is 5.32 Å². The zero-order valence-corrected chi connectivity index (χ0v) is 18.2. The fraction of sp³-hybridized carbons (Fsp3) is 0.381. The van der Waals surface area contributed by atoms with Crippen molar-refractivity contribution in [3.63, 3.8) is 0 Å². The lowest BCUT2D eigenvalue weighted by Crippen LogP contribution is -2.43. The summed E-state index contributed by atoms with van der Waals surface area (Å²) in [4.78, 5) is 23.6. The minimum Gasteiger partial charge on any atom is -0.494 e. The first-order chi connectivity index (χ1) is 14.7. The number of ether oxygens (including phenoxy) is 1. The summed E-state index contributed by atoms with van der Waals surface area (Å²) < 4.78 is 32.7. The number of amides is 1. The van der Waals surface area contributed by atoms with Gasteiger partial charge in [0.25, 0.3) is 5.69 Å². The van der Waals surface area contributed by atoms with Crippen molar-refractivity contribution >= 4 is 27.3 Å². The Balaban J connectivity index is 1.73. The smallest absolute Gasteiger partial charge is 0.274 e. The van der Waals surface area contributed by atoms with Crippen LogP contribution in [0, 0.1) is 23.0 Å². The summed E-state index contributed by atoms with van der Waals surface area (Å²) in [6.45, 7) is 4.28. The van der Waals surface area contributed by atoms with E-state index in [1.54, 1.807) is 25.1 Å². The molecule has 1 N–H and O–H groups in total. The van der Waals surface area contributed by atoms with E-state index in [4.69, 9.17) is 4.74 Å². The minimum atomic E-state index is -3.75. The van der Waals surface area contributed by atoms with Crippen molar-refractivity contribution in [2.45, 2.75) is 31.6 Å². The molecule has 3 rings (SSSR count). The number of sulfonamides is 1. The highest BCUT2D eigenvalue weighted by atomic mass is 32.2. The summed E-state index contributed by atoms with van der Waals surface area (Å²) in [5.74, 6) is -0.315. The Kier molecular flexibility index (Phi) is 6.91. The van der Waals surface area contributed by atoms with E-state index in [1.807, 2.05) is 6.92 Å². The third-order valence-corrected chi connectivity index (χ3v) is 7.17. The maximum Gasteiger partial charge on any atom is 0.274 e. The summed E-state index contributed by atoms with van der Waals surface area (Å²) in [5, 5.41) is 13.8. The van der Waals surface area contributed by atoms with E-state index >= 15 is 0 Å². The number of anilines is 1. The first-order valence-electron chi connectivity index (χ1n) is 10.0. The lowest BCUT2D eigenvalue weighted by Gasteiger charge is -2.31. The second-order valence-corrected chi connectivity index (χ2v) is 9.24. The van der Waals surface area contributed by atoms with Crippen LogP contribution in [0.15, 0.2) is 47.4 Å². The first kappa shape index (κ1) is 22.7. The van der Waals surface area contributed by atoms with Gasteiger partial charge >= 0.3 is 0 Å². The number of nitro groups is 1. The highest BCUT2D eigenvalue weighted by Gasteiger charge is 2.33. The molecule has 2 aromatic carbocycles. The van der Waals surface area contributed by atoms with Crippen molar-refractivity contribution in [1.82, 2.24) is 4.31 Å². The van der Waals surface area contributed by atoms with Gasteiger partial charge in [-0.05, 0) is 57.0 Å². The maximum absolute atomic E-state index is 13.0. The van der Waals surface area contributed by atoms with Gasteiger partial charge < -0.3 is 10.1 Å². The van der Waals surface area contributed by atoms with Gasteiger partial charge in [-0.25, -0.2) is 8.42 Å². The molecule has 0 bridgehead atoms. The van der Waals surface area contributed by atoms with Crippen LogP contribution in [-0.2, 0) is 14.8 Å². The van der Waals surface area contributed by atoms with Crippen LogP contribution in [0.1, 0.15) is 25.3 Å². The molecule has 1 aliphatic rings. The second-order valence-electron chi connectivity index (χ2n) is 7.30. The van der Waals surface area contributed by atoms with Gasteiger partial charge in [0.15, 0.2) is 0 Å². The van der Waals surface area contributed by atoms with Crippen molar-refractivity contribution in [3.8, 4) is 5.75 Å². The monoisotopic (exact) mass is 447 g/mol. The van der Waals surface area contributed by atoms with Crippen LogP contribution in [-0.4, -0.2) is 43.2 Å². The summed E-state index contributed by atoms with van der Waals surface area (Å²) in [5.41, 5.74) is 0.627. The Bertz CT molecular complexity index is 1070. The summed E-state index contributed by atoms with van der Waals surface area (Å²) in [6.07, 6.45) is 1.08. The quantitative estimate of drug-likeness (QED) is 0.514. The second kappa shape index (κ2) is 9.44. The number of benzene rings is 2. The lowest BCUT2D eigenvalue weighted by atomic mass is 9.98. The average molecular weight is 448 g/mol. The van der Waals surface area contributed by atoms with Crippen molar-refractivity contribution < 1.29 is 22.9 Å². The van der Waals surface area contributed by atoms with E-state index in [0.717, 1.165) is 0 Å². The number of rotatable bonds is 7. The molecule has 0 aliphatic carbocycles. The molecular weight excluding hydrogens is 422 g/mol.